The van der Waals surface area contributed by atoms with E-state index in [0.717, 1.165) is 70.2 Å². The first-order valence-corrected chi connectivity index (χ1v) is 7.93. The zero-order chi connectivity index (χ0) is 14.9. The van der Waals surface area contributed by atoms with Crippen molar-refractivity contribution < 1.29 is 5.11 Å². The van der Waals surface area contributed by atoms with E-state index < -0.39 is 0 Å². The Labute approximate surface area is 127 Å². The summed E-state index contributed by atoms with van der Waals surface area (Å²) in [6, 6.07) is 0. The van der Waals surface area contributed by atoms with Crippen molar-refractivity contribution >= 4 is 5.95 Å². The fourth-order valence-corrected chi connectivity index (χ4v) is 2.55. The maximum absolute atomic E-state index is 9.03. The minimum atomic E-state index is 0.232. The lowest BCUT2D eigenvalue weighted by molar-refractivity contribution is 0.204. The summed E-state index contributed by atoms with van der Waals surface area (Å²) in [5, 5.41) is 12.4. The van der Waals surface area contributed by atoms with Gasteiger partial charge in [-0.3, -0.25) is 4.90 Å². The number of aromatic nitrogens is 2. The van der Waals surface area contributed by atoms with Crippen LogP contribution in [0.25, 0.3) is 0 Å². The van der Waals surface area contributed by atoms with E-state index in [4.69, 9.17) is 5.11 Å². The molecule has 0 bridgehead atoms. The Morgan fingerprint density at radius 3 is 2.71 bits per heavy atom. The molecule has 0 radical (unpaired) electrons. The van der Waals surface area contributed by atoms with Gasteiger partial charge in [0.2, 0.25) is 5.95 Å². The zero-order valence-corrected chi connectivity index (χ0v) is 13.0. The average Bonchev–Trinajstić information content (AvgIpc) is 2.74. The summed E-state index contributed by atoms with van der Waals surface area (Å²) in [4.78, 5) is 13.5. The number of aliphatic hydroxyl groups excluding tert-OH is 1. The van der Waals surface area contributed by atoms with Crippen molar-refractivity contribution in [2.45, 2.75) is 26.3 Å². The van der Waals surface area contributed by atoms with Crippen LogP contribution in [0.15, 0.2) is 12.4 Å². The Morgan fingerprint density at radius 1 is 1.19 bits per heavy atom. The van der Waals surface area contributed by atoms with Crippen molar-refractivity contribution in [3.8, 4) is 0 Å². The molecule has 0 atom stereocenters. The number of hydrogen-bond donors (Lipinski definition) is 2. The fraction of sp³-hybridized carbons (Fsp3) is 0.733. The van der Waals surface area contributed by atoms with Crippen molar-refractivity contribution in [2.24, 2.45) is 0 Å². The molecule has 0 saturated carbocycles. The van der Waals surface area contributed by atoms with Crippen LogP contribution < -0.4 is 10.2 Å². The summed E-state index contributed by atoms with van der Waals surface area (Å²) < 4.78 is 0. The maximum Gasteiger partial charge on any atom is 0.225 e. The summed E-state index contributed by atoms with van der Waals surface area (Å²) in [5.74, 6) is 0.820. The van der Waals surface area contributed by atoms with E-state index >= 15 is 0 Å². The number of hydrogen-bond acceptors (Lipinski definition) is 6. The molecule has 1 fully saturated rings. The smallest absolute Gasteiger partial charge is 0.225 e. The standard InChI is InChI=1S/C15H27N5O/c1-2-4-16-11-14-12-17-15(18-13-14)20-6-3-5-19(7-8-20)9-10-21/h12-13,16,21H,2-11H2,1H3. The molecule has 118 valence electrons. The highest BCUT2D eigenvalue weighted by molar-refractivity contribution is 5.30. The third kappa shape index (κ3) is 5.22. The van der Waals surface area contributed by atoms with Gasteiger partial charge in [-0.15, -0.1) is 0 Å². The fourth-order valence-electron chi connectivity index (χ4n) is 2.55. The van der Waals surface area contributed by atoms with Crippen molar-refractivity contribution in [3.63, 3.8) is 0 Å². The van der Waals surface area contributed by atoms with E-state index in [0.29, 0.717) is 0 Å². The van der Waals surface area contributed by atoms with Gasteiger partial charge in [0.25, 0.3) is 0 Å². The topological polar surface area (TPSA) is 64.5 Å². The molecule has 1 aliphatic heterocycles. The number of β-amino-alcohol motifs (C(OH)–C–C–N with tert-alkyl or cyclic N) is 1. The molecule has 0 amide bonds. The number of nitrogens with one attached hydrogen (secondary N) is 1. The highest BCUT2D eigenvalue weighted by Gasteiger charge is 2.16. The predicted octanol–water partition coefficient (Wildman–Crippen LogP) is 0.481. The second kappa shape index (κ2) is 8.92. The Bertz CT molecular complexity index is 398. The van der Waals surface area contributed by atoms with E-state index in [-0.39, 0.29) is 6.61 Å². The largest absolute Gasteiger partial charge is 0.395 e. The summed E-state index contributed by atoms with van der Waals surface area (Å²) in [5.41, 5.74) is 1.13. The van der Waals surface area contributed by atoms with Crippen LogP contribution >= 0.6 is 0 Å². The Balaban J connectivity index is 1.86. The molecule has 2 rings (SSSR count). The molecule has 21 heavy (non-hydrogen) atoms. The number of nitrogens with zero attached hydrogens (tertiary/aromatic N) is 4. The Morgan fingerprint density at radius 2 is 2.00 bits per heavy atom. The third-order valence-corrected chi connectivity index (χ3v) is 3.74. The molecule has 2 N–H and O–H groups in total. The van der Waals surface area contributed by atoms with Gasteiger partial charge in [-0.25, -0.2) is 9.97 Å². The summed E-state index contributed by atoms with van der Waals surface area (Å²) in [6.07, 6.45) is 6.06. The van der Waals surface area contributed by atoms with Gasteiger partial charge in [0.05, 0.1) is 6.61 Å². The van der Waals surface area contributed by atoms with E-state index in [1.807, 2.05) is 12.4 Å². The van der Waals surface area contributed by atoms with Gasteiger partial charge in [0.15, 0.2) is 0 Å². The van der Waals surface area contributed by atoms with Crippen LogP contribution in [0.4, 0.5) is 5.95 Å². The molecular weight excluding hydrogens is 266 g/mol. The van der Waals surface area contributed by atoms with Crippen LogP contribution in [0.1, 0.15) is 25.3 Å². The highest BCUT2D eigenvalue weighted by atomic mass is 16.3. The number of anilines is 1. The second-order valence-electron chi connectivity index (χ2n) is 5.47. The molecule has 1 aromatic heterocycles. The van der Waals surface area contributed by atoms with Gasteiger partial charge in [0.1, 0.15) is 0 Å². The number of rotatable bonds is 7. The maximum atomic E-state index is 9.03. The lowest BCUT2D eigenvalue weighted by Crippen LogP contribution is -2.33. The molecule has 0 aromatic carbocycles. The second-order valence-corrected chi connectivity index (χ2v) is 5.47. The van der Waals surface area contributed by atoms with Crippen LogP contribution in [-0.2, 0) is 6.54 Å². The van der Waals surface area contributed by atoms with Crippen molar-refractivity contribution in [2.75, 3.05) is 50.8 Å². The Kier molecular flexibility index (Phi) is 6.85. The minimum Gasteiger partial charge on any atom is -0.395 e. The van der Waals surface area contributed by atoms with Crippen LogP contribution in [0, 0.1) is 0 Å². The zero-order valence-electron chi connectivity index (χ0n) is 13.0. The summed E-state index contributed by atoms with van der Waals surface area (Å²) in [7, 11) is 0. The number of aliphatic hydroxyl groups is 1. The first kappa shape index (κ1) is 16.1. The van der Waals surface area contributed by atoms with E-state index in [1.165, 1.54) is 0 Å². The molecule has 0 aliphatic carbocycles. The van der Waals surface area contributed by atoms with Crippen LogP contribution in [0.3, 0.4) is 0 Å². The van der Waals surface area contributed by atoms with E-state index in [2.05, 4.69) is 32.0 Å². The van der Waals surface area contributed by atoms with E-state index in [1.54, 1.807) is 0 Å². The van der Waals surface area contributed by atoms with Gasteiger partial charge in [-0.1, -0.05) is 6.92 Å². The molecule has 1 aromatic rings. The monoisotopic (exact) mass is 293 g/mol. The van der Waals surface area contributed by atoms with Crippen molar-refractivity contribution in [1.29, 1.82) is 0 Å². The highest BCUT2D eigenvalue weighted by Crippen LogP contribution is 2.11. The van der Waals surface area contributed by atoms with Crippen molar-refractivity contribution in [1.82, 2.24) is 20.2 Å². The lowest BCUT2D eigenvalue weighted by atomic mass is 10.3. The SMILES string of the molecule is CCCNCc1cnc(N2CCCN(CCO)CC2)nc1. The molecule has 0 spiro atoms. The predicted molar refractivity (Wildman–Crippen MR) is 84.4 cm³/mol. The molecule has 6 nitrogen and oxygen atoms in total. The molecule has 1 saturated heterocycles. The first-order valence-electron chi connectivity index (χ1n) is 7.93. The van der Waals surface area contributed by atoms with Gasteiger partial charge < -0.3 is 15.3 Å². The van der Waals surface area contributed by atoms with Crippen LogP contribution in [-0.4, -0.2) is 65.8 Å². The van der Waals surface area contributed by atoms with Crippen LogP contribution in [0.2, 0.25) is 0 Å². The quantitative estimate of drug-likeness (QED) is 0.713. The normalized spacial score (nSPS) is 17.0. The third-order valence-electron chi connectivity index (χ3n) is 3.74. The minimum absolute atomic E-state index is 0.232. The average molecular weight is 293 g/mol. The van der Waals surface area contributed by atoms with Crippen molar-refractivity contribution in [3.05, 3.63) is 18.0 Å². The molecule has 0 unspecified atom stereocenters. The Hall–Kier alpha value is -1.24. The molecule has 6 heteroatoms. The van der Waals surface area contributed by atoms with Gasteiger partial charge in [-0.05, 0) is 25.9 Å². The summed E-state index contributed by atoms with van der Waals surface area (Å²) >= 11 is 0. The van der Waals surface area contributed by atoms with Crippen LogP contribution in [0.5, 0.6) is 0 Å². The molecule has 2 heterocycles. The summed E-state index contributed by atoms with van der Waals surface area (Å²) in [6.45, 7) is 8.91. The first-order chi connectivity index (χ1) is 10.3. The van der Waals surface area contributed by atoms with Gasteiger partial charge in [0, 0.05) is 50.7 Å². The lowest BCUT2D eigenvalue weighted by Gasteiger charge is -2.21. The van der Waals surface area contributed by atoms with Gasteiger partial charge in [-0.2, -0.15) is 0 Å². The molecular formula is C15H27N5O. The van der Waals surface area contributed by atoms with Gasteiger partial charge >= 0.3 is 0 Å². The van der Waals surface area contributed by atoms with E-state index in [9.17, 15) is 0 Å². The molecule has 1 aliphatic rings.